The average molecular weight is 336 g/mol. The first kappa shape index (κ1) is 17.0. The third-order valence-electron chi connectivity index (χ3n) is 3.21. The van der Waals surface area contributed by atoms with Crippen molar-refractivity contribution >= 4 is 28.8 Å². The maximum atomic E-state index is 12.5. The standard InChI is InChI=1S/C15H20N4O3S/c1-4-6-9-11(12(14(16)20)19(3)18-9)17-15(21)13-10(22-5-2)7-8-23-13/h7-8H,4-6H2,1-3H3,(H2,16,20)(H,17,21). The summed E-state index contributed by atoms with van der Waals surface area (Å²) in [6, 6.07) is 1.74. The Balaban J connectivity index is 2.36. The number of aromatic nitrogens is 2. The van der Waals surface area contributed by atoms with Gasteiger partial charge in [-0.1, -0.05) is 13.3 Å². The smallest absolute Gasteiger partial charge is 0.269 e. The van der Waals surface area contributed by atoms with E-state index in [1.165, 1.54) is 16.0 Å². The van der Waals surface area contributed by atoms with Crippen molar-refractivity contribution in [3.63, 3.8) is 0 Å². The third-order valence-corrected chi connectivity index (χ3v) is 4.11. The van der Waals surface area contributed by atoms with E-state index < -0.39 is 5.91 Å². The van der Waals surface area contributed by atoms with Crippen molar-refractivity contribution in [3.8, 4) is 5.75 Å². The summed E-state index contributed by atoms with van der Waals surface area (Å²) in [7, 11) is 1.63. The molecule has 7 nitrogen and oxygen atoms in total. The van der Waals surface area contributed by atoms with Gasteiger partial charge in [0.25, 0.3) is 11.8 Å². The molecular formula is C15H20N4O3S. The second-order valence-corrected chi connectivity index (χ2v) is 5.83. The summed E-state index contributed by atoms with van der Waals surface area (Å²) in [4.78, 5) is 24.7. The van der Waals surface area contributed by atoms with Crippen molar-refractivity contribution < 1.29 is 14.3 Å². The molecule has 0 aliphatic carbocycles. The zero-order valence-corrected chi connectivity index (χ0v) is 14.2. The average Bonchev–Trinajstić information content (AvgIpc) is 3.05. The Morgan fingerprint density at radius 3 is 2.78 bits per heavy atom. The van der Waals surface area contributed by atoms with Gasteiger partial charge in [-0.3, -0.25) is 14.3 Å². The third kappa shape index (κ3) is 3.53. The minimum Gasteiger partial charge on any atom is -0.492 e. The number of thiophene rings is 1. The zero-order chi connectivity index (χ0) is 17.0. The van der Waals surface area contributed by atoms with Crippen LogP contribution in [0.4, 0.5) is 5.69 Å². The largest absolute Gasteiger partial charge is 0.492 e. The molecule has 0 aliphatic rings. The number of amides is 2. The highest BCUT2D eigenvalue weighted by Gasteiger charge is 2.23. The van der Waals surface area contributed by atoms with Gasteiger partial charge in [0.1, 0.15) is 16.3 Å². The van der Waals surface area contributed by atoms with Crippen molar-refractivity contribution in [1.29, 1.82) is 0 Å². The van der Waals surface area contributed by atoms with Gasteiger partial charge in [-0.05, 0) is 24.8 Å². The Kier molecular flexibility index (Phi) is 5.38. The van der Waals surface area contributed by atoms with Gasteiger partial charge in [0.15, 0.2) is 0 Å². The lowest BCUT2D eigenvalue weighted by Gasteiger charge is -2.08. The molecule has 124 valence electrons. The second-order valence-electron chi connectivity index (χ2n) is 4.91. The number of aryl methyl sites for hydroxylation is 2. The molecule has 2 rings (SSSR count). The van der Waals surface area contributed by atoms with E-state index in [0.717, 1.165) is 6.42 Å². The molecule has 0 aliphatic heterocycles. The van der Waals surface area contributed by atoms with Crippen LogP contribution in [0.15, 0.2) is 11.4 Å². The molecule has 8 heteroatoms. The van der Waals surface area contributed by atoms with Gasteiger partial charge in [0, 0.05) is 7.05 Å². The maximum absolute atomic E-state index is 12.5. The maximum Gasteiger partial charge on any atom is 0.269 e. The summed E-state index contributed by atoms with van der Waals surface area (Å²) in [5.74, 6) is -0.443. The van der Waals surface area contributed by atoms with Crippen molar-refractivity contribution in [2.75, 3.05) is 11.9 Å². The van der Waals surface area contributed by atoms with Crippen LogP contribution in [-0.2, 0) is 13.5 Å². The molecule has 0 fully saturated rings. The van der Waals surface area contributed by atoms with Crippen LogP contribution in [0.3, 0.4) is 0 Å². The first-order chi connectivity index (χ1) is 11.0. The van der Waals surface area contributed by atoms with Crippen LogP contribution >= 0.6 is 11.3 Å². The molecule has 2 amide bonds. The first-order valence-corrected chi connectivity index (χ1v) is 8.24. The van der Waals surface area contributed by atoms with E-state index >= 15 is 0 Å². The number of hydrogen-bond donors (Lipinski definition) is 2. The van der Waals surface area contributed by atoms with E-state index in [-0.39, 0.29) is 11.6 Å². The summed E-state index contributed by atoms with van der Waals surface area (Å²) in [5, 5.41) is 8.85. The van der Waals surface area contributed by atoms with Gasteiger partial charge < -0.3 is 15.8 Å². The van der Waals surface area contributed by atoms with Crippen molar-refractivity contribution in [1.82, 2.24) is 9.78 Å². The van der Waals surface area contributed by atoms with E-state index in [1.807, 2.05) is 13.8 Å². The van der Waals surface area contributed by atoms with Crippen LogP contribution in [0.1, 0.15) is 46.1 Å². The summed E-state index contributed by atoms with van der Waals surface area (Å²) < 4.78 is 6.84. The van der Waals surface area contributed by atoms with Gasteiger partial charge >= 0.3 is 0 Å². The summed E-state index contributed by atoms with van der Waals surface area (Å²) in [5.41, 5.74) is 6.64. The fourth-order valence-corrected chi connectivity index (χ4v) is 3.04. The molecule has 0 saturated carbocycles. The summed E-state index contributed by atoms with van der Waals surface area (Å²) >= 11 is 1.28. The van der Waals surface area contributed by atoms with Crippen LogP contribution in [0, 0.1) is 0 Å². The molecule has 0 aromatic carbocycles. The highest BCUT2D eigenvalue weighted by Crippen LogP contribution is 2.28. The number of rotatable bonds is 7. The molecule has 3 N–H and O–H groups in total. The number of nitrogens with two attached hydrogens (primary N) is 1. The van der Waals surface area contributed by atoms with E-state index in [0.29, 0.717) is 35.0 Å². The quantitative estimate of drug-likeness (QED) is 0.809. The molecule has 0 bridgehead atoms. The monoisotopic (exact) mass is 336 g/mol. The number of nitrogens with zero attached hydrogens (tertiary/aromatic N) is 2. The highest BCUT2D eigenvalue weighted by molar-refractivity contribution is 7.12. The van der Waals surface area contributed by atoms with Crippen molar-refractivity contribution in [2.45, 2.75) is 26.7 Å². The molecule has 0 atom stereocenters. The van der Waals surface area contributed by atoms with Crippen LogP contribution < -0.4 is 15.8 Å². The lowest BCUT2D eigenvalue weighted by atomic mass is 10.2. The molecule has 0 unspecified atom stereocenters. The van der Waals surface area contributed by atoms with Crippen molar-refractivity contribution in [3.05, 3.63) is 27.7 Å². The minimum atomic E-state index is -0.631. The molecule has 23 heavy (non-hydrogen) atoms. The second kappa shape index (κ2) is 7.28. The number of primary amides is 1. The van der Waals surface area contributed by atoms with E-state index in [2.05, 4.69) is 10.4 Å². The van der Waals surface area contributed by atoms with Gasteiger partial charge in [0.2, 0.25) is 0 Å². The number of carbonyl (C=O) groups is 2. The minimum absolute atomic E-state index is 0.191. The molecule has 2 aromatic heterocycles. The van der Waals surface area contributed by atoms with E-state index in [1.54, 1.807) is 18.5 Å². The summed E-state index contributed by atoms with van der Waals surface area (Å²) in [6.45, 7) is 4.32. The number of anilines is 1. The van der Waals surface area contributed by atoms with E-state index in [4.69, 9.17) is 10.5 Å². The lowest BCUT2D eigenvalue weighted by molar-refractivity contribution is 0.0992. The Bertz CT molecular complexity index is 720. The SMILES string of the molecule is CCCc1nn(C)c(C(N)=O)c1NC(=O)c1sccc1OCC. The highest BCUT2D eigenvalue weighted by atomic mass is 32.1. The van der Waals surface area contributed by atoms with Crippen LogP contribution in [0.2, 0.25) is 0 Å². The van der Waals surface area contributed by atoms with Gasteiger partial charge in [0.05, 0.1) is 18.0 Å². The van der Waals surface area contributed by atoms with Gasteiger partial charge in [-0.25, -0.2) is 0 Å². The molecule has 2 heterocycles. The topological polar surface area (TPSA) is 99.2 Å². The number of ether oxygens (including phenoxy) is 1. The predicted octanol–water partition coefficient (Wildman–Crippen LogP) is 2.18. The number of hydrogen-bond acceptors (Lipinski definition) is 5. The van der Waals surface area contributed by atoms with Crippen LogP contribution in [0.5, 0.6) is 5.75 Å². The molecule has 0 spiro atoms. The van der Waals surface area contributed by atoms with Crippen LogP contribution in [0.25, 0.3) is 0 Å². The van der Waals surface area contributed by atoms with Gasteiger partial charge in [-0.15, -0.1) is 11.3 Å². The van der Waals surface area contributed by atoms with Crippen LogP contribution in [-0.4, -0.2) is 28.2 Å². The van der Waals surface area contributed by atoms with Gasteiger partial charge in [-0.2, -0.15) is 5.10 Å². The Morgan fingerprint density at radius 1 is 1.43 bits per heavy atom. The molecule has 2 aromatic rings. The molecule has 0 radical (unpaired) electrons. The predicted molar refractivity (Wildman–Crippen MR) is 89.2 cm³/mol. The summed E-state index contributed by atoms with van der Waals surface area (Å²) in [6.07, 6.45) is 1.47. The molecular weight excluding hydrogens is 316 g/mol. The first-order valence-electron chi connectivity index (χ1n) is 7.36. The normalized spacial score (nSPS) is 10.6. The Hall–Kier alpha value is -2.35. The number of carbonyl (C=O) groups excluding carboxylic acids is 2. The Morgan fingerprint density at radius 2 is 2.17 bits per heavy atom. The number of nitrogens with one attached hydrogen (secondary N) is 1. The van der Waals surface area contributed by atoms with E-state index in [9.17, 15) is 9.59 Å². The lowest BCUT2D eigenvalue weighted by Crippen LogP contribution is -2.20. The van der Waals surface area contributed by atoms with Crippen molar-refractivity contribution in [2.24, 2.45) is 12.8 Å². The fourth-order valence-electron chi connectivity index (χ4n) is 2.31. The Labute approximate surface area is 138 Å². The molecule has 0 saturated heterocycles. The zero-order valence-electron chi connectivity index (χ0n) is 13.4. The fraction of sp³-hybridized carbons (Fsp3) is 0.400.